The first-order valence-electron chi connectivity index (χ1n) is 7.18. The maximum atomic E-state index is 5.30. The molecule has 3 aromatic heterocycles. The van der Waals surface area contributed by atoms with Gasteiger partial charge in [-0.3, -0.25) is 0 Å². The number of furan rings is 1. The first-order chi connectivity index (χ1) is 10.8. The van der Waals surface area contributed by atoms with Crippen molar-refractivity contribution in [2.75, 3.05) is 17.2 Å². The number of aryl methyl sites for hydroxylation is 1. The van der Waals surface area contributed by atoms with Gasteiger partial charge in [0.2, 0.25) is 5.95 Å². The number of anilines is 2. The fourth-order valence-electron chi connectivity index (χ4n) is 2.08. The molecule has 0 saturated heterocycles. The van der Waals surface area contributed by atoms with E-state index < -0.39 is 0 Å². The molecule has 0 unspecified atom stereocenters. The van der Waals surface area contributed by atoms with Crippen molar-refractivity contribution in [1.82, 2.24) is 9.97 Å². The van der Waals surface area contributed by atoms with Gasteiger partial charge in [-0.2, -0.15) is 4.98 Å². The van der Waals surface area contributed by atoms with Gasteiger partial charge in [-0.05, 0) is 36.9 Å². The molecule has 0 fully saturated rings. The minimum atomic E-state index is 0.609. The summed E-state index contributed by atoms with van der Waals surface area (Å²) in [5, 5.41) is 8.62. The van der Waals surface area contributed by atoms with Crippen molar-refractivity contribution < 1.29 is 4.42 Å². The maximum absolute atomic E-state index is 5.30. The summed E-state index contributed by atoms with van der Waals surface area (Å²) in [5.41, 5.74) is 0.926. The van der Waals surface area contributed by atoms with Gasteiger partial charge in [-0.1, -0.05) is 6.07 Å². The summed E-state index contributed by atoms with van der Waals surface area (Å²) in [4.78, 5) is 10.3. The number of hydrogen-bond donors (Lipinski definition) is 2. The second-order valence-corrected chi connectivity index (χ2v) is 5.94. The van der Waals surface area contributed by atoms with Crippen molar-refractivity contribution in [3.63, 3.8) is 0 Å². The third kappa shape index (κ3) is 4.08. The van der Waals surface area contributed by atoms with Gasteiger partial charge < -0.3 is 15.1 Å². The molecular formula is C16H18N4OS. The van der Waals surface area contributed by atoms with Crippen LogP contribution in [0.4, 0.5) is 11.8 Å². The van der Waals surface area contributed by atoms with E-state index in [-0.39, 0.29) is 0 Å². The molecule has 3 rings (SSSR count). The molecule has 3 heterocycles. The number of aromatic nitrogens is 2. The molecule has 0 aromatic carbocycles. The average Bonchev–Trinajstić information content (AvgIpc) is 3.18. The zero-order valence-electron chi connectivity index (χ0n) is 12.4. The molecule has 0 aliphatic rings. The summed E-state index contributed by atoms with van der Waals surface area (Å²) < 4.78 is 5.30. The van der Waals surface area contributed by atoms with Gasteiger partial charge >= 0.3 is 0 Å². The molecule has 6 heteroatoms. The summed E-state index contributed by atoms with van der Waals surface area (Å²) in [7, 11) is 0. The standard InChI is InChI=1S/C16H18N4OS/c1-12-10-15(18-11-13-4-2-8-21-13)20-16(19-12)17-7-6-14-5-3-9-22-14/h2-5,8-10H,6-7,11H2,1H3,(H2,17,18,19,20). The van der Waals surface area contributed by atoms with Gasteiger partial charge in [-0.15, -0.1) is 11.3 Å². The van der Waals surface area contributed by atoms with Crippen LogP contribution >= 0.6 is 11.3 Å². The number of thiophene rings is 1. The van der Waals surface area contributed by atoms with Crippen molar-refractivity contribution in [2.24, 2.45) is 0 Å². The van der Waals surface area contributed by atoms with Crippen LogP contribution in [0.3, 0.4) is 0 Å². The first kappa shape index (κ1) is 14.6. The molecule has 114 valence electrons. The highest BCUT2D eigenvalue weighted by Gasteiger charge is 2.03. The molecule has 0 aliphatic carbocycles. The van der Waals surface area contributed by atoms with Crippen LogP contribution in [0.15, 0.2) is 46.4 Å². The van der Waals surface area contributed by atoms with Gasteiger partial charge in [0.1, 0.15) is 11.6 Å². The predicted octanol–water partition coefficient (Wildman–Crippen LogP) is 3.71. The summed E-state index contributed by atoms with van der Waals surface area (Å²) in [6.45, 7) is 3.39. The number of rotatable bonds is 7. The van der Waals surface area contributed by atoms with E-state index in [2.05, 4.69) is 38.1 Å². The minimum Gasteiger partial charge on any atom is -0.467 e. The third-order valence-corrected chi connectivity index (χ3v) is 4.05. The quantitative estimate of drug-likeness (QED) is 0.696. The van der Waals surface area contributed by atoms with Crippen molar-refractivity contribution in [2.45, 2.75) is 19.9 Å². The molecule has 0 spiro atoms. The van der Waals surface area contributed by atoms with Gasteiger partial charge in [0, 0.05) is 23.2 Å². The van der Waals surface area contributed by atoms with E-state index in [9.17, 15) is 0 Å². The minimum absolute atomic E-state index is 0.609. The third-order valence-electron chi connectivity index (χ3n) is 3.11. The fourth-order valence-corrected chi connectivity index (χ4v) is 2.79. The van der Waals surface area contributed by atoms with Crippen molar-refractivity contribution in [1.29, 1.82) is 0 Å². The summed E-state index contributed by atoms with van der Waals surface area (Å²) in [6.07, 6.45) is 2.64. The maximum Gasteiger partial charge on any atom is 0.224 e. The topological polar surface area (TPSA) is 63.0 Å². The second kappa shape index (κ2) is 7.09. The number of hydrogen-bond acceptors (Lipinski definition) is 6. The van der Waals surface area contributed by atoms with Crippen LogP contribution in [0, 0.1) is 6.92 Å². The summed E-state index contributed by atoms with van der Waals surface area (Å²) >= 11 is 1.77. The lowest BCUT2D eigenvalue weighted by Gasteiger charge is -2.09. The number of nitrogens with zero attached hydrogens (tertiary/aromatic N) is 2. The average molecular weight is 314 g/mol. The highest BCUT2D eigenvalue weighted by Crippen LogP contribution is 2.13. The van der Waals surface area contributed by atoms with Crippen LogP contribution in [0.2, 0.25) is 0 Å². The molecule has 0 amide bonds. The SMILES string of the molecule is Cc1cc(NCc2ccco2)nc(NCCc2cccs2)n1. The lowest BCUT2D eigenvalue weighted by Crippen LogP contribution is -2.10. The van der Waals surface area contributed by atoms with E-state index in [4.69, 9.17) is 4.42 Å². The van der Waals surface area contributed by atoms with E-state index in [1.54, 1.807) is 17.6 Å². The van der Waals surface area contributed by atoms with Crippen LogP contribution in [-0.4, -0.2) is 16.5 Å². The van der Waals surface area contributed by atoms with Crippen LogP contribution in [0.25, 0.3) is 0 Å². The largest absolute Gasteiger partial charge is 0.467 e. The van der Waals surface area contributed by atoms with Gasteiger partial charge in [0.25, 0.3) is 0 Å². The Morgan fingerprint density at radius 1 is 1.18 bits per heavy atom. The number of nitrogens with one attached hydrogen (secondary N) is 2. The monoisotopic (exact) mass is 314 g/mol. The Morgan fingerprint density at radius 3 is 2.91 bits per heavy atom. The second-order valence-electron chi connectivity index (χ2n) is 4.91. The van der Waals surface area contributed by atoms with Crippen molar-refractivity contribution in [3.8, 4) is 0 Å². The van der Waals surface area contributed by atoms with E-state index in [1.165, 1.54) is 4.88 Å². The molecule has 0 saturated carbocycles. The molecule has 0 atom stereocenters. The highest BCUT2D eigenvalue weighted by atomic mass is 32.1. The fraction of sp³-hybridized carbons (Fsp3) is 0.250. The smallest absolute Gasteiger partial charge is 0.224 e. The Morgan fingerprint density at radius 2 is 2.14 bits per heavy atom. The molecular weight excluding hydrogens is 296 g/mol. The Bertz CT molecular complexity index is 695. The van der Waals surface area contributed by atoms with Crippen LogP contribution < -0.4 is 10.6 Å². The lowest BCUT2D eigenvalue weighted by molar-refractivity contribution is 0.518. The van der Waals surface area contributed by atoms with Crippen LogP contribution in [-0.2, 0) is 13.0 Å². The molecule has 0 bridgehead atoms. The molecule has 5 nitrogen and oxygen atoms in total. The predicted molar refractivity (Wildman–Crippen MR) is 89.3 cm³/mol. The van der Waals surface area contributed by atoms with E-state index >= 15 is 0 Å². The Kier molecular flexibility index (Phi) is 4.70. The highest BCUT2D eigenvalue weighted by molar-refractivity contribution is 7.09. The van der Waals surface area contributed by atoms with Crippen LogP contribution in [0.5, 0.6) is 0 Å². The van der Waals surface area contributed by atoms with Crippen molar-refractivity contribution in [3.05, 3.63) is 58.3 Å². The summed E-state index contributed by atoms with van der Waals surface area (Å²) in [6, 6.07) is 9.94. The molecule has 22 heavy (non-hydrogen) atoms. The van der Waals surface area contributed by atoms with E-state index in [0.29, 0.717) is 12.5 Å². The summed E-state index contributed by atoms with van der Waals surface area (Å²) in [5.74, 6) is 2.32. The molecule has 2 N–H and O–H groups in total. The zero-order chi connectivity index (χ0) is 15.2. The molecule has 3 aromatic rings. The van der Waals surface area contributed by atoms with Gasteiger partial charge in [-0.25, -0.2) is 4.98 Å². The normalized spacial score (nSPS) is 10.6. The zero-order valence-corrected chi connectivity index (χ0v) is 13.2. The Balaban J connectivity index is 1.57. The van der Waals surface area contributed by atoms with Crippen LogP contribution in [0.1, 0.15) is 16.3 Å². The Hall–Kier alpha value is -2.34. The van der Waals surface area contributed by atoms with Crippen molar-refractivity contribution >= 4 is 23.1 Å². The van der Waals surface area contributed by atoms with Gasteiger partial charge in [0.05, 0.1) is 12.8 Å². The van der Waals surface area contributed by atoms with E-state index in [0.717, 1.165) is 30.2 Å². The Labute approximate surface area is 133 Å². The first-order valence-corrected chi connectivity index (χ1v) is 8.06. The molecule has 0 aliphatic heterocycles. The molecule has 0 radical (unpaired) electrons. The lowest BCUT2D eigenvalue weighted by atomic mass is 10.3. The van der Waals surface area contributed by atoms with E-state index in [1.807, 2.05) is 25.1 Å². The van der Waals surface area contributed by atoms with Gasteiger partial charge in [0.15, 0.2) is 0 Å².